The monoisotopic (exact) mass is 543 g/mol. The second kappa shape index (κ2) is 12.0. The van der Waals surface area contributed by atoms with Crippen LogP contribution in [0.5, 0.6) is 0 Å². The molecule has 2 N–H and O–H groups in total. The smallest absolute Gasteiger partial charge is 0.410 e. The van der Waals surface area contributed by atoms with Gasteiger partial charge in [-0.05, 0) is 47.4 Å². The zero-order valence-corrected chi connectivity index (χ0v) is 22.7. The maximum absolute atomic E-state index is 13.6. The molecule has 3 aliphatic rings. The first-order valence-electron chi connectivity index (χ1n) is 13.3. The average molecular weight is 544 g/mol. The van der Waals surface area contributed by atoms with Gasteiger partial charge in [-0.25, -0.2) is 14.4 Å². The molecule has 1 aromatic rings. The first-order chi connectivity index (χ1) is 18.5. The van der Waals surface area contributed by atoms with Crippen LogP contribution < -0.4 is 5.32 Å². The Hall–Kier alpha value is -3.76. The van der Waals surface area contributed by atoms with E-state index in [1.54, 1.807) is 31.9 Å². The summed E-state index contributed by atoms with van der Waals surface area (Å²) in [4.78, 5) is 53.9. The van der Waals surface area contributed by atoms with E-state index in [1.807, 2.05) is 24.3 Å². The molecule has 0 aliphatic carbocycles. The van der Waals surface area contributed by atoms with Gasteiger partial charge in [0.1, 0.15) is 24.8 Å². The van der Waals surface area contributed by atoms with Crippen LogP contribution in [0.25, 0.3) is 0 Å². The highest BCUT2D eigenvalue weighted by Crippen LogP contribution is 2.29. The van der Waals surface area contributed by atoms with Crippen LogP contribution in [-0.4, -0.2) is 70.3 Å². The van der Waals surface area contributed by atoms with Gasteiger partial charge in [0.25, 0.3) is 0 Å². The molecular formula is C28H37N3O8. The summed E-state index contributed by atoms with van der Waals surface area (Å²) in [6.07, 6.45) is 3.60. The normalized spacial score (nSPS) is 25.9. The van der Waals surface area contributed by atoms with Crippen LogP contribution in [0.1, 0.15) is 63.1 Å². The van der Waals surface area contributed by atoms with Crippen molar-refractivity contribution in [3.63, 3.8) is 0 Å². The van der Waals surface area contributed by atoms with Crippen LogP contribution in [0, 0.1) is 5.41 Å². The van der Waals surface area contributed by atoms with Gasteiger partial charge in [0, 0.05) is 19.5 Å². The van der Waals surface area contributed by atoms with E-state index in [2.05, 4.69) is 5.32 Å². The molecule has 212 valence electrons. The van der Waals surface area contributed by atoms with E-state index in [0.717, 1.165) is 29.5 Å². The Morgan fingerprint density at radius 1 is 1.10 bits per heavy atom. The number of nitrogens with zero attached hydrogens (tertiary/aromatic N) is 2. The van der Waals surface area contributed by atoms with E-state index >= 15 is 0 Å². The van der Waals surface area contributed by atoms with Crippen LogP contribution >= 0.6 is 0 Å². The number of alkyl carbamates (subject to hydrolysis) is 1. The molecule has 5 bridgehead atoms. The van der Waals surface area contributed by atoms with Crippen molar-refractivity contribution in [2.24, 2.45) is 5.41 Å². The Balaban J connectivity index is 1.54. The predicted molar refractivity (Wildman–Crippen MR) is 139 cm³/mol. The first kappa shape index (κ1) is 28.3. The van der Waals surface area contributed by atoms with Crippen LogP contribution in [0.4, 0.5) is 9.59 Å². The molecule has 4 rings (SSSR count). The number of amides is 3. The molecule has 0 spiro atoms. The van der Waals surface area contributed by atoms with Gasteiger partial charge < -0.3 is 29.5 Å². The summed E-state index contributed by atoms with van der Waals surface area (Å²) < 4.78 is 16.6. The number of carbonyl (C=O) groups excluding carboxylic acids is 3. The first-order valence-corrected chi connectivity index (χ1v) is 13.3. The molecule has 1 aromatic carbocycles. The molecule has 1 saturated heterocycles. The SMILES string of the molecule is CC(C)(C)[C@@H]1NC(=O)OCCCC/C=C/OCc2ccc3c(c2)CN(C3)C(=O)O[C@@H]2CC(C(=O)O)N(C2)C1=O. The lowest BCUT2D eigenvalue weighted by atomic mass is 9.85. The zero-order valence-electron chi connectivity index (χ0n) is 22.7. The fourth-order valence-electron chi connectivity index (χ4n) is 5.03. The number of hydrogen-bond donors (Lipinski definition) is 2. The van der Waals surface area contributed by atoms with Gasteiger partial charge in [-0.3, -0.25) is 9.69 Å². The van der Waals surface area contributed by atoms with Gasteiger partial charge in [0.05, 0.1) is 19.4 Å². The van der Waals surface area contributed by atoms with Gasteiger partial charge >= 0.3 is 18.2 Å². The lowest BCUT2D eigenvalue weighted by Gasteiger charge is -2.34. The Labute approximate surface area is 228 Å². The average Bonchev–Trinajstić information content (AvgIpc) is 3.49. The number of ether oxygens (including phenoxy) is 3. The summed E-state index contributed by atoms with van der Waals surface area (Å²) in [5, 5.41) is 12.5. The third-order valence-corrected chi connectivity index (χ3v) is 7.17. The van der Waals surface area contributed by atoms with Crippen LogP contribution in [0.15, 0.2) is 30.5 Å². The second-order valence-corrected chi connectivity index (χ2v) is 11.3. The minimum Gasteiger partial charge on any atom is -0.497 e. The number of hydrogen-bond acceptors (Lipinski definition) is 7. The van der Waals surface area contributed by atoms with Gasteiger partial charge in [0.2, 0.25) is 5.91 Å². The molecular weight excluding hydrogens is 506 g/mol. The number of aliphatic carboxylic acids is 1. The van der Waals surface area contributed by atoms with Crippen molar-refractivity contribution in [1.82, 2.24) is 15.1 Å². The highest BCUT2D eigenvalue weighted by molar-refractivity contribution is 5.90. The molecule has 0 radical (unpaired) electrons. The number of fused-ring (bicyclic) bond motifs is 4. The number of carboxylic acids is 1. The maximum Gasteiger partial charge on any atom is 0.410 e. The third kappa shape index (κ3) is 7.01. The second-order valence-electron chi connectivity index (χ2n) is 11.3. The topological polar surface area (TPSA) is 135 Å². The fraction of sp³-hybridized carbons (Fsp3) is 0.571. The van der Waals surface area contributed by atoms with Gasteiger partial charge in [0.15, 0.2) is 0 Å². The van der Waals surface area contributed by atoms with Gasteiger partial charge in [-0.1, -0.05) is 39.0 Å². The largest absolute Gasteiger partial charge is 0.497 e. The van der Waals surface area contributed by atoms with Gasteiger partial charge in [-0.15, -0.1) is 0 Å². The highest BCUT2D eigenvalue weighted by atomic mass is 16.6. The maximum atomic E-state index is 13.6. The van der Waals surface area contributed by atoms with Crippen molar-refractivity contribution < 1.29 is 38.5 Å². The number of carboxylic acid groups (broad SMARTS) is 1. The Bertz CT molecular complexity index is 1130. The quantitative estimate of drug-likeness (QED) is 0.549. The number of rotatable bonds is 1. The van der Waals surface area contributed by atoms with Crippen molar-refractivity contribution in [2.45, 2.75) is 84.3 Å². The molecule has 3 atom stereocenters. The molecule has 3 aliphatic heterocycles. The summed E-state index contributed by atoms with van der Waals surface area (Å²) in [6.45, 7) is 6.56. The summed E-state index contributed by atoms with van der Waals surface area (Å²) in [6, 6.07) is 3.73. The van der Waals surface area contributed by atoms with Crippen LogP contribution in [0.2, 0.25) is 0 Å². The molecule has 3 heterocycles. The molecule has 11 nitrogen and oxygen atoms in total. The summed E-state index contributed by atoms with van der Waals surface area (Å²) >= 11 is 0. The zero-order chi connectivity index (χ0) is 28.2. The molecule has 3 amide bonds. The third-order valence-electron chi connectivity index (χ3n) is 7.17. The van der Waals surface area contributed by atoms with Crippen LogP contribution in [-0.2, 0) is 43.5 Å². The fourth-order valence-corrected chi connectivity index (χ4v) is 5.03. The summed E-state index contributed by atoms with van der Waals surface area (Å²) in [7, 11) is 0. The van der Waals surface area contributed by atoms with Crippen LogP contribution in [0.3, 0.4) is 0 Å². The molecule has 0 aromatic heterocycles. The van der Waals surface area contributed by atoms with Crippen molar-refractivity contribution in [3.05, 3.63) is 47.2 Å². The number of cyclic esters (lactones) is 1. The standard InChI is InChI=1S/C28H37N3O8/c1-28(2,3)23-24(32)31-16-21(13-22(31)25(33)34)39-27(36)30-14-19-9-8-18(12-20(19)15-30)17-37-10-6-4-5-7-11-38-26(35)29-23/h6,8-10,12,21-23H,4-5,7,11,13-17H2,1-3H3,(H,29,35)(H,33,34)/b10-6+/t21-,22?,23-/m1/s1. The number of nitrogens with one attached hydrogen (secondary N) is 1. The minimum atomic E-state index is -1.20. The highest BCUT2D eigenvalue weighted by Gasteiger charge is 2.46. The lowest BCUT2D eigenvalue weighted by Crippen LogP contribution is -2.57. The van der Waals surface area contributed by atoms with E-state index in [0.29, 0.717) is 26.1 Å². The van der Waals surface area contributed by atoms with Gasteiger partial charge in [-0.2, -0.15) is 0 Å². The van der Waals surface area contributed by atoms with E-state index in [4.69, 9.17) is 14.2 Å². The van der Waals surface area contributed by atoms with E-state index in [-0.39, 0.29) is 19.6 Å². The molecule has 39 heavy (non-hydrogen) atoms. The number of benzene rings is 1. The summed E-state index contributed by atoms with van der Waals surface area (Å²) in [5.74, 6) is -1.76. The van der Waals surface area contributed by atoms with Crippen molar-refractivity contribution in [3.8, 4) is 0 Å². The lowest BCUT2D eigenvalue weighted by molar-refractivity contribution is -0.150. The Kier molecular flexibility index (Phi) is 8.66. The van der Waals surface area contributed by atoms with E-state index in [1.165, 1.54) is 4.90 Å². The Morgan fingerprint density at radius 2 is 1.87 bits per heavy atom. The number of carbonyl (C=O) groups is 4. The Morgan fingerprint density at radius 3 is 2.62 bits per heavy atom. The van der Waals surface area contributed by atoms with Crippen molar-refractivity contribution >= 4 is 24.1 Å². The van der Waals surface area contributed by atoms with E-state index < -0.39 is 47.7 Å². The molecule has 1 unspecified atom stereocenters. The predicted octanol–water partition coefficient (Wildman–Crippen LogP) is 3.55. The minimum absolute atomic E-state index is 0.0378. The number of allylic oxidation sites excluding steroid dienone is 1. The molecule has 0 saturated carbocycles. The van der Waals surface area contributed by atoms with Crippen molar-refractivity contribution in [2.75, 3.05) is 13.2 Å². The molecule has 11 heteroatoms. The van der Waals surface area contributed by atoms with E-state index in [9.17, 15) is 24.3 Å². The molecule has 1 fully saturated rings. The van der Waals surface area contributed by atoms with Crippen molar-refractivity contribution in [1.29, 1.82) is 0 Å². The summed E-state index contributed by atoms with van der Waals surface area (Å²) in [5.41, 5.74) is 2.27.